The summed E-state index contributed by atoms with van der Waals surface area (Å²) < 4.78 is 2.05. The van der Waals surface area contributed by atoms with E-state index in [0.717, 1.165) is 23.3 Å². The number of aromatic nitrogens is 3. The molecule has 1 atom stereocenters. The van der Waals surface area contributed by atoms with Crippen LogP contribution >= 0.6 is 23.4 Å². The Morgan fingerprint density at radius 3 is 2.46 bits per heavy atom. The second kappa shape index (κ2) is 9.26. The predicted octanol–water partition coefficient (Wildman–Crippen LogP) is 5.04. The first-order chi connectivity index (χ1) is 13.5. The third kappa shape index (κ3) is 4.94. The van der Waals surface area contributed by atoms with E-state index in [2.05, 4.69) is 53.6 Å². The Hall–Kier alpha value is -2.31. The van der Waals surface area contributed by atoms with Crippen LogP contribution in [-0.4, -0.2) is 20.7 Å². The van der Waals surface area contributed by atoms with Crippen molar-refractivity contribution in [3.05, 3.63) is 76.1 Å². The van der Waals surface area contributed by atoms with Crippen molar-refractivity contribution in [2.24, 2.45) is 0 Å². The summed E-state index contributed by atoms with van der Waals surface area (Å²) in [5.41, 5.74) is 3.05. The van der Waals surface area contributed by atoms with Gasteiger partial charge in [0.25, 0.3) is 5.91 Å². The van der Waals surface area contributed by atoms with Gasteiger partial charge in [0.1, 0.15) is 0 Å². The average molecular weight is 415 g/mol. The summed E-state index contributed by atoms with van der Waals surface area (Å²) in [6.07, 6.45) is 0. The molecule has 2 aromatic carbocycles. The normalized spacial score (nSPS) is 12.0. The third-order valence-electron chi connectivity index (χ3n) is 4.39. The smallest absolute Gasteiger partial charge is 0.251 e. The third-order valence-corrected chi connectivity index (χ3v) is 5.68. The molecule has 0 aliphatic rings. The van der Waals surface area contributed by atoms with Gasteiger partial charge in [0.15, 0.2) is 11.0 Å². The Labute approximate surface area is 174 Å². The largest absolute Gasteiger partial charge is 0.342 e. The standard InChI is InChI=1S/C21H23ClN4OS/c1-4-26-19(15(3)23-20(27)17-9-11-18(22)12-10-17)24-25-21(26)28-13-16-7-5-14(2)6-8-16/h5-12,15H,4,13H2,1-3H3,(H,23,27)/t15-/m0/s1. The number of hydrogen-bond donors (Lipinski definition) is 1. The highest BCUT2D eigenvalue weighted by molar-refractivity contribution is 7.98. The van der Waals surface area contributed by atoms with Gasteiger partial charge in [-0.1, -0.05) is 53.2 Å². The molecule has 1 amide bonds. The maximum Gasteiger partial charge on any atom is 0.251 e. The van der Waals surface area contributed by atoms with E-state index < -0.39 is 0 Å². The molecule has 1 heterocycles. The lowest BCUT2D eigenvalue weighted by molar-refractivity contribution is 0.0937. The van der Waals surface area contributed by atoms with Crippen LogP contribution in [0.2, 0.25) is 5.02 Å². The highest BCUT2D eigenvalue weighted by atomic mass is 35.5. The lowest BCUT2D eigenvalue weighted by Gasteiger charge is -2.15. The quantitative estimate of drug-likeness (QED) is 0.550. The summed E-state index contributed by atoms with van der Waals surface area (Å²) in [7, 11) is 0. The fourth-order valence-corrected chi connectivity index (χ4v) is 3.89. The number of carbonyl (C=O) groups is 1. The molecule has 0 fully saturated rings. The highest BCUT2D eigenvalue weighted by Crippen LogP contribution is 2.24. The van der Waals surface area contributed by atoms with Crippen molar-refractivity contribution in [1.82, 2.24) is 20.1 Å². The predicted molar refractivity (Wildman–Crippen MR) is 114 cm³/mol. The monoisotopic (exact) mass is 414 g/mol. The van der Waals surface area contributed by atoms with Crippen LogP contribution in [0.3, 0.4) is 0 Å². The summed E-state index contributed by atoms with van der Waals surface area (Å²) >= 11 is 7.53. The van der Waals surface area contributed by atoms with Gasteiger partial charge in [-0.3, -0.25) is 4.79 Å². The molecule has 3 aromatic rings. The zero-order valence-electron chi connectivity index (χ0n) is 16.1. The van der Waals surface area contributed by atoms with Crippen LogP contribution in [0.5, 0.6) is 0 Å². The molecule has 1 N–H and O–H groups in total. The fraction of sp³-hybridized carbons (Fsp3) is 0.286. The van der Waals surface area contributed by atoms with Crippen LogP contribution in [0.25, 0.3) is 0 Å². The molecule has 28 heavy (non-hydrogen) atoms. The summed E-state index contributed by atoms with van der Waals surface area (Å²) in [6.45, 7) is 6.78. The minimum Gasteiger partial charge on any atom is -0.342 e. The van der Waals surface area contributed by atoms with E-state index in [1.807, 2.05) is 11.5 Å². The van der Waals surface area contributed by atoms with Crippen molar-refractivity contribution in [1.29, 1.82) is 0 Å². The average Bonchev–Trinajstić information content (AvgIpc) is 3.11. The molecule has 0 aliphatic carbocycles. The van der Waals surface area contributed by atoms with Crippen LogP contribution in [0, 0.1) is 6.92 Å². The maximum atomic E-state index is 12.5. The Bertz CT molecular complexity index is 938. The van der Waals surface area contributed by atoms with Crippen molar-refractivity contribution < 1.29 is 4.79 Å². The lowest BCUT2D eigenvalue weighted by Crippen LogP contribution is -2.28. The van der Waals surface area contributed by atoms with E-state index in [0.29, 0.717) is 10.6 Å². The fourth-order valence-electron chi connectivity index (χ4n) is 2.80. The van der Waals surface area contributed by atoms with E-state index in [-0.39, 0.29) is 11.9 Å². The molecule has 0 spiro atoms. The summed E-state index contributed by atoms with van der Waals surface area (Å²) in [4.78, 5) is 12.5. The Balaban J connectivity index is 1.68. The number of thioether (sulfide) groups is 1. The van der Waals surface area contributed by atoms with Crippen LogP contribution in [0.4, 0.5) is 0 Å². The van der Waals surface area contributed by atoms with Crippen LogP contribution in [-0.2, 0) is 12.3 Å². The molecular weight excluding hydrogens is 392 g/mol. The van der Waals surface area contributed by atoms with Crippen molar-refractivity contribution in [2.45, 2.75) is 44.3 Å². The number of benzene rings is 2. The van der Waals surface area contributed by atoms with E-state index in [1.54, 1.807) is 36.0 Å². The molecule has 7 heteroatoms. The first kappa shape index (κ1) is 20.4. The van der Waals surface area contributed by atoms with Crippen LogP contribution in [0.1, 0.15) is 47.2 Å². The van der Waals surface area contributed by atoms with Crippen LogP contribution in [0.15, 0.2) is 53.7 Å². The van der Waals surface area contributed by atoms with E-state index in [1.165, 1.54) is 11.1 Å². The highest BCUT2D eigenvalue weighted by Gasteiger charge is 2.19. The van der Waals surface area contributed by atoms with Gasteiger partial charge in [0, 0.05) is 22.9 Å². The molecular formula is C21H23ClN4OS. The van der Waals surface area contributed by atoms with Gasteiger partial charge < -0.3 is 9.88 Å². The summed E-state index contributed by atoms with van der Waals surface area (Å²) in [6, 6.07) is 15.0. The molecule has 1 aromatic heterocycles. The van der Waals surface area contributed by atoms with Gasteiger partial charge in [0.05, 0.1) is 6.04 Å². The molecule has 0 unspecified atom stereocenters. The second-order valence-electron chi connectivity index (χ2n) is 6.56. The first-order valence-corrected chi connectivity index (χ1v) is 10.5. The Kier molecular flexibility index (Phi) is 6.75. The SMILES string of the molecule is CCn1c(SCc2ccc(C)cc2)nnc1[C@H](C)NC(=O)c1ccc(Cl)cc1. The molecule has 146 valence electrons. The number of aryl methyl sites for hydroxylation is 1. The van der Waals surface area contributed by atoms with E-state index in [9.17, 15) is 4.79 Å². The van der Waals surface area contributed by atoms with Gasteiger partial charge in [-0.2, -0.15) is 0 Å². The molecule has 0 bridgehead atoms. The van der Waals surface area contributed by atoms with Crippen LogP contribution < -0.4 is 5.32 Å². The lowest BCUT2D eigenvalue weighted by atomic mass is 10.2. The molecule has 0 saturated heterocycles. The van der Waals surface area contributed by atoms with Crippen molar-refractivity contribution in [3.63, 3.8) is 0 Å². The molecule has 0 radical (unpaired) electrons. The zero-order valence-corrected chi connectivity index (χ0v) is 17.7. The number of halogens is 1. The Morgan fingerprint density at radius 1 is 1.14 bits per heavy atom. The first-order valence-electron chi connectivity index (χ1n) is 9.15. The van der Waals surface area contributed by atoms with Gasteiger partial charge in [-0.15, -0.1) is 10.2 Å². The topological polar surface area (TPSA) is 59.8 Å². The van der Waals surface area contributed by atoms with E-state index in [4.69, 9.17) is 11.6 Å². The van der Waals surface area contributed by atoms with Gasteiger partial charge in [-0.25, -0.2) is 0 Å². The number of amides is 1. The summed E-state index contributed by atoms with van der Waals surface area (Å²) in [5.74, 6) is 1.41. The summed E-state index contributed by atoms with van der Waals surface area (Å²) in [5, 5.41) is 13.1. The number of nitrogens with zero attached hydrogens (tertiary/aromatic N) is 3. The second-order valence-corrected chi connectivity index (χ2v) is 7.94. The van der Waals surface area contributed by atoms with Crippen molar-refractivity contribution in [2.75, 3.05) is 0 Å². The number of carbonyl (C=O) groups excluding carboxylic acids is 1. The molecule has 0 aliphatic heterocycles. The number of nitrogens with one attached hydrogen (secondary N) is 1. The number of hydrogen-bond acceptors (Lipinski definition) is 4. The Morgan fingerprint density at radius 2 is 1.82 bits per heavy atom. The van der Waals surface area contributed by atoms with E-state index >= 15 is 0 Å². The van der Waals surface area contributed by atoms with Crippen molar-refractivity contribution in [3.8, 4) is 0 Å². The van der Waals surface area contributed by atoms with Crippen molar-refractivity contribution >= 4 is 29.3 Å². The molecule has 0 saturated carbocycles. The van der Waals surface area contributed by atoms with Gasteiger partial charge in [0.2, 0.25) is 0 Å². The number of rotatable bonds is 7. The minimum atomic E-state index is -0.260. The van der Waals surface area contributed by atoms with Gasteiger partial charge in [-0.05, 0) is 50.6 Å². The van der Waals surface area contributed by atoms with Gasteiger partial charge >= 0.3 is 0 Å². The molecule has 3 rings (SSSR count). The zero-order chi connectivity index (χ0) is 20.1. The minimum absolute atomic E-state index is 0.163. The molecule has 5 nitrogen and oxygen atoms in total. The maximum absolute atomic E-state index is 12.5.